The highest BCUT2D eigenvalue weighted by atomic mass is 15.3. The van der Waals surface area contributed by atoms with E-state index in [0.29, 0.717) is 0 Å². The SMILES string of the molecule is CCc1cc(CNCCC2CCN(C)CC2)n(CC)n1. The maximum absolute atomic E-state index is 4.60. The van der Waals surface area contributed by atoms with E-state index in [1.807, 2.05) is 0 Å². The lowest BCUT2D eigenvalue weighted by Crippen LogP contribution is -2.31. The molecular weight excluding hydrogens is 248 g/mol. The van der Waals surface area contributed by atoms with E-state index in [0.717, 1.165) is 32.0 Å². The first kappa shape index (κ1) is 15.5. The summed E-state index contributed by atoms with van der Waals surface area (Å²) < 4.78 is 2.13. The monoisotopic (exact) mass is 278 g/mol. The Balaban J connectivity index is 1.69. The number of likely N-dealkylation sites (tertiary alicyclic amines) is 1. The molecule has 1 aromatic rings. The van der Waals surface area contributed by atoms with Crippen molar-refractivity contribution in [2.75, 3.05) is 26.7 Å². The Labute approximate surface area is 123 Å². The minimum atomic E-state index is 0.918. The molecule has 1 aliphatic heterocycles. The third kappa shape index (κ3) is 4.32. The molecule has 2 heterocycles. The first-order valence-corrected chi connectivity index (χ1v) is 8.17. The maximum atomic E-state index is 4.60. The van der Waals surface area contributed by atoms with Gasteiger partial charge in [-0.2, -0.15) is 5.10 Å². The molecule has 1 fully saturated rings. The molecule has 2 rings (SSSR count). The second-order valence-electron chi connectivity index (χ2n) is 6.01. The maximum Gasteiger partial charge on any atom is 0.0625 e. The minimum absolute atomic E-state index is 0.918. The third-order valence-corrected chi connectivity index (χ3v) is 4.45. The average Bonchev–Trinajstić information content (AvgIpc) is 2.88. The topological polar surface area (TPSA) is 33.1 Å². The Morgan fingerprint density at radius 2 is 2.05 bits per heavy atom. The van der Waals surface area contributed by atoms with E-state index in [4.69, 9.17) is 0 Å². The van der Waals surface area contributed by atoms with Gasteiger partial charge >= 0.3 is 0 Å². The quantitative estimate of drug-likeness (QED) is 0.777. The zero-order chi connectivity index (χ0) is 14.4. The summed E-state index contributed by atoms with van der Waals surface area (Å²) in [5.41, 5.74) is 2.53. The first-order chi connectivity index (χ1) is 9.72. The standard InChI is InChI=1S/C16H30N4/c1-4-15-12-16(20(5-2)18-15)13-17-9-6-14-7-10-19(3)11-8-14/h12,14,17H,4-11,13H2,1-3H3. The van der Waals surface area contributed by atoms with Crippen LogP contribution in [0.3, 0.4) is 0 Å². The molecule has 0 atom stereocenters. The highest BCUT2D eigenvalue weighted by Crippen LogP contribution is 2.18. The molecule has 0 spiro atoms. The molecule has 1 saturated heterocycles. The zero-order valence-electron chi connectivity index (χ0n) is 13.4. The Morgan fingerprint density at radius 3 is 2.70 bits per heavy atom. The summed E-state index contributed by atoms with van der Waals surface area (Å²) in [7, 11) is 2.23. The summed E-state index contributed by atoms with van der Waals surface area (Å²) in [5, 5.41) is 8.19. The lowest BCUT2D eigenvalue weighted by molar-refractivity contribution is 0.211. The van der Waals surface area contributed by atoms with Crippen LogP contribution in [0.4, 0.5) is 0 Å². The number of aryl methyl sites for hydroxylation is 2. The molecule has 0 unspecified atom stereocenters. The minimum Gasteiger partial charge on any atom is -0.311 e. The van der Waals surface area contributed by atoms with Gasteiger partial charge < -0.3 is 10.2 Å². The average molecular weight is 278 g/mol. The molecule has 0 saturated carbocycles. The molecule has 1 aliphatic rings. The normalized spacial score (nSPS) is 17.8. The van der Waals surface area contributed by atoms with E-state index < -0.39 is 0 Å². The Hall–Kier alpha value is -0.870. The van der Waals surface area contributed by atoms with Crippen molar-refractivity contribution in [3.8, 4) is 0 Å². The van der Waals surface area contributed by atoms with Gasteiger partial charge in [-0.15, -0.1) is 0 Å². The van der Waals surface area contributed by atoms with Crippen LogP contribution in [0.15, 0.2) is 6.07 Å². The molecule has 0 bridgehead atoms. The predicted octanol–water partition coefficient (Wildman–Crippen LogP) is 2.29. The molecule has 1 aromatic heterocycles. The van der Waals surface area contributed by atoms with Gasteiger partial charge in [0, 0.05) is 13.1 Å². The highest BCUT2D eigenvalue weighted by Gasteiger charge is 2.15. The van der Waals surface area contributed by atoms with Crippen LogP contribution in [-0.4, -0.2) is 41.4 Å². The second kappa shape index (κ2) is 7.79. The van der Waals surface area contributed by atoms with E-state index >= 15 is 0 Å². The molecule has 20 heavy (non-hydrogen) atoms. The number of rotatable bonds is 7. The smallest absolute Gasteiger partial charge is 0.0625 e. The van der Waals surface area contributed by atoms with E-state index in [-0.39, 0.29) is 0 Å². The van der Waals surface area contributed by atoms with Crippen molar-refractivity contribution in [3.63, 3.8) is 0 Å². The number of nitrogens with zero attached hydrogens (tertiary/aromatic N) is 3. The number of aromatic nitrogens is 2. The fourth-order valence-electron chi connectivity index (χ4n) is 2.98. The molecule has 4 nitrogen and oxygen atoms in total. The first-order valence-electron chi connectivity index (χ1n) is 8.17. The zero-order valence-corrected chi connectivity index (χ0v) is 13.4. The number of hydrogen-bond acceptors (Lipinski definition) is 3. The Morgan fingerprint density at radius 1 is 1.30 bits per heavy atom. The van der Waals surface area contributed by atoms with Crippen LogP contribution in [0.1, 0.15) is 44.5 Å². The molecular formula is C16H30N4. The van der Waals surface area contributed by atoms with Crippen molar-refractivity contribution in [3.05, 3.63) is 17.5 Å². The number of nitrogens with one attached hydrogen (secondary N) is 1. The molecule has 114 valence electrons. The van der Waals surface area contributed by atoms with Crippen LogP contribution < -0.4 is 5.32 Å². The summed E-state index contributed by atoms with van der Waals surface area (Å²) >= 11 is 0. The summed E-state index contributed by atoms with van der Waals surface area (Å²) in [6.45, 7) is 9.92. The molecule has 1 N–H and O–H groups in total. The van der Waals surface area contributed by atoms with E-state index in [1.54, 1.807) is 0 Å². The van der Waals surface area contributed by atoms with Crippen LogP contribution in [0.25, 0.3) is 0 Å². The van der Waals surface area contributed by atoms with Gasteiger partial charge in [0.1, 0.15) is 0 Å². The summed E-state index contributed by atoms with van der Waals surface area (Å²) in [4.78, 5) is 2.44. The molecule has 0 radical (unpaired) electrons. The Kier molecular flexibility index (Phi) is 6.05. The largest absolute Gasteiger partial charge is 0.311 e. The van der Waals surface area contributed by atoms with Crippen LogP contribution >= 0.6 is 0 Å². The number of piperidine rings is 1. The van der Waals surface area contributed by atoms with Gasteiger partial charge in [0.25, 0.3) is 0 Å². The Bertz CT molecular complexity index is 391. The molecule has 0 aromatic carbocycles. The molecule has 4 heteroatoms. The van der Waals surface area contributed by atoms with Gasteiger partial charge in [-0.25, -0.2) is 0 Å². The highest BCUT2D eigenvalue weighted by molar-refractivity contribution is 5.10. The van der Waals surface area contributed by atoms with Crippen molar-refractivity contribution >= 4 is 0 Å². The summed E-state index contributed by atoms with van der Waals surface area (Å²) in [5.74, 6) is 0.918. The molecule has 0 amide bonds. The van der Waals surface area contributed by atoms with Crippen molar-refractivity contribution in [2.24, 2.45) is 5.92 Å². The fourth-order valence-corrected chi connectivity index (χ4v) is 2.98. The summed E-state index contributed by atoms with van der Waals surface area (Å²) in [6.07, 6.45) is 5.07. The van der Waals surface area contributed by atoms with Crippen molar-refractivity contribution in [1.29, 1.82) is 0 Å². The molecule has 0 aliphatic carbocycles. The van der Waals surface area contributed by atoms with Crippen molar-refractivity contribution in [2.45, 2.75) is 52.6 Å². The van der Waals surface area contributed by atoms with Gasteiger partial charge in [0.05, 0.1) is 11.4 Å². The van der Waals surface area contributed by atoms with Crippen LogP contribution in [0.5, 0.6) is 0 Å². The van der Waals surface area contributed by atoms with Gasteiger partial charge in [-0.05, 0) is 71.3 Å². The van der Waals surface area contributed by atoms with Crippen molar-refractivity contribution < 1.29 is 0 Å². The lowest BCUT2D eigenvalue weighted by atomic mass is 9.94. The van der Waals surface area contributed by atoms with Gasteiger partial charge in [0.15, 0.2) is 0 Å². The van der Waals surface area contributed by atoms with Gasteiger partial charge in [-0.1, -0.05) is 6.92 Å². The van der Waals surface area contributed by atoms with Crippen LogP contribution in [-0.2, 0) is 19.5 Å². The van der Waals surface area contributed by atoms with E-state index in [9.17, 15) is 0 Å². The van der Waals surface area contributed by atoms with Crippen LogP contribution in [0.2, 0.25) is 0 Å². The summed E-state index contributed by atoms with van der Waals surface area (Å²) in [6, 6.07) is 2.24. The van der Waals surface area contributed by atoms with Crippen LogP contribution in [0, 0.1) is 5.92 Å². The predicted molar refractivity (Wildman–Crippen MR) is 83.8 cm³/mol. The van der Waals surface area contributed by atoms with E-state index in [1.165, 1.54) is 43.7 Å². The van der Waals surface area contributed by atoms with Crippen molar-refractivity contribution in [1.82, 2.24) is 20.0 Å². The van der Waals surface area contributed by atoms with Gasteiger partial charge in [0.2, 0.25) is 0 Å². The van der Waals surface area contributed by atoms with Gasteiger partial charge in [-0.3, -0.25) is 4.68 Å². The lowest BCUT2D eigenvalue weighted by Gasteiger charge is -2.28. The second-order valence-corrected chi connectivity index (χ2v) is 6.01. The fraction of sp³-hybridized carbons (Fsp3) is 0.812. The third-order valence-electron chi connectivity index (χ3n) is 4.45. The van der Waals surface area contributed by atoms with E-state index in [2.05, 4.69) is 47.0 Å². The number of hydrogen-bond donors (Lipinski definition) is 1.